The zero-order chi connectivity index (χ0) is 23.9. The van der Waals surface area contributed by atoms with Crippen LogP contribution in [0.1, 0.15) is 93.4 Å². The topological polar surface area (TPSA) is 54.4 Å². The summed E-state index contributed by atoms with van der Waals surface area (Å²) in [6, 6.07) is 0. The number of carbonyl (C=O) groups excluding carboxylic acids is 2. The highest BCUT2D eigenvalue weighted by atomic mass is 16.3. The molecule has 1 N–H and O–H groups in total. The summed E-state index contributed by atoms with van der Waals surface area (Å²) in [5.74, 6) is 1.25. The first-order valence-electron chi connectivity index (χ1n) is 13.4. The number of aliphatic hydroxyl groups is 1. The molecule has 3 fully saturated rings. The van der Waals surface area contributed by atoms with E-state index in [1.165, 1.54) is 0 Å². The summed E-state index contributed by atoms with van der Waals surface area (Å²) in [6.45, 7) is 15.7. The van der Waals surface area contributed by atoms with Crippen LogP contribution in [0.15, 0.2) is 33.6 Å². The summed E-state index contributed by atoms with van der Waals surface area (Å²) in [7, 11) is 0. The van der Waals surface area contributed by atoms with Crippen molar-refractivity contribution >= 4 is 11.6 Å². The molecule has 0 bridgehead atoms. The zero-order valence-corrected chi connectivity index (χ0v) is 21.5. The summed E-state index contributed by atoms with van der Waals surface area (Å²) in [4.78, 5) is 28.4. The average Bonchev–Trinajstić information content (AvgIpc) is 3.31. The third-order valence-electron chi connectivity index (χ3n) is 11.5. The molecule has 1 spiro atoms. The van der Waals surface area contributed by atoms with Crippen LogP contribution in [0, 0.1) is 45.3 Å². The van der Waals surface area contributed by atoms with Crippen LogP contribution in [-0.4, -0.2) is 16.7 Å². The number of ketones is 2. The summed E-state index contributed by atoms with van der Waals surface area (Å²) >= 11 is 0. The predicted octanol–water partition coefficient (Wildman–Crippen LogP) is 6.89. The Balaban J connectivity index is 1.65. The van der Waals surface area contributed by atoms with Gasteiger partial charge >= 0.3 is 0 Å². The second kappa shape index (κ2) is 6.13. The van der Waals surface area contributed by atoms with E-state index in [9.17, 15) is 14.7 Å². The molecule has 0 radical (unpaired) electrons. The van der Waals surface area contributed by atoms with Gasteiger partial charge in [0, 0.05) is 22.1 Å². The molecule has 0 heterocycles. The Bertz CT molecular complexity index is 1110. The maximum Gasteiger partial charge on any atom is 0.224 e. The fraction of sp³-hybridized carbons (Fsp3) is 0.733. The van der Waals surface area contributed by atoms with Crippen LogP contribution in [0.3, 0.4) is 0 Å². The van der Waals surface area contributed by atoms with Gasteiger partial charge in [0.2, 0.25) is 5.78 Å². The van der Waals surface area contributed by atoms with Crippen molar-refractivity contribution in [3.8, 4) is 0 Å². The Morgan fingerprint density at radius 1 is 0.909 bits per heavy atom. The monoisotopic (exact) mass is 448 g/mol. The van der Waals surface area contributed by atoms with E-state index >= 15 is 0 Å². The Hall–Kier alpha value is -1.64. The molecule has 3 saturated carbocycles. The van der Waals surface area contributed by atoms with Gasteiger partial charge in [-0.3, -0.25) is 9.59 Å². The first-order valence-corrected chi connectivity index (χ1v) is 13.4. The van der Waals surface area contributed by atoms with E-state index in [0.717, 1.165) is 72.8 Å². The number of allylic oxidation sites excluding steroid dienone is 5. The standard InChI is InChI=1S/C30H40O3/c1-15(2)20-22-21-17(26(33)30(22)12-11-29(16(3)4)14-19(29)30)13-18-27(5,6)9-8-10-28(18,7)23(21)25(32)24(20)31/h15-16,18-19,32H,8-14H2,1-7H3. The summed E-state index contributed by atoms with van der Waals surface area (Å²) in [6.07, 6.45) is 7.09. The molecule has 0 saturated heterocycles. The fourth-order valence-corrected chi connectivity index (χ4v) is 9.79. The van der Waals surface area contributed by atoms with Gasteiger partial charge in [-0.2, -0.15) is 0 Å². The molecule has 178 valence electrons. The van der Waals surface area contributed by atoms with E-state index in [1.807, 2.05) is 0 Å². The van der Waals surface area contributed by atoms with Gasteiger partial charge in [-0.25, -0.2) is 0 Å². The lowest BCUT2D eigenvalue weighted by atomic mass is 9.48. The van der Waals surface area contributed by atoms with Crippen molar-refractivity contribution in [2.75, 3.05) is 0 Å². The van der Waals surface area contributed by atoms with Crippen molar-refractivity contribution in [2.45, 2.75) is 93.4 Å². The van der Waals surface area contributed by atoms with Gasteiger partial charge in [-0.05, 0) is 84.2 Å². The van der Waals surface area contributed by atoms with Crippen LogP contribution < -0.4 is 0 Å². The van der Waals surface area contributed by atoms with Gasteiger partial charge in [0.25, 0.3) is 0 Å². The molecular formula is C30H40O3. The SMILES string of the molecule is CC(C)C1=C2C3=C(CC4C(C)(C)CCCC4(C)C3=C(O)C1=O)C(=O)C21CCC2(C(C)C)CC12. The summed E-state index contributed by atoms with van der Waals surface area (Å²) in [5.41, 5.74) is 4.20. The highest BCUT2D eigenvalue weighted by Crippen LogP contribution is 2.80. The Labute approximate surface area is 198 Å². The largest absolute Gasteiger partial charge is 0.504 e. The lowest BCUT2D eigenvalue weighted by Crippen LogP contribution is -2.47. The minimum Gasteiger partial charge on any atom is -0.504 e. The molecule has 5 atom stereocenters. The summed E-state index contributed by atoms with van der Waals surface area (Å²) in [5, 5.41) is 11.5. The average molecular weight is 449 g/mol. The number of Topliss-reactive ketones (excluding diaryl/α,β-unsaturated/α-hetero) is 2. The number of rotatable bonds is 2. The zero-order valence-electron chi connectivity index (χ0n) is 21.5. The first kappa shape index (κ1) is 21.9. The van der Waals surface area contributed by atoms with Gasteiger partial charge in [0.15, 0.2) is 11.5 Å². The van der Waals surface area contributed by atoms with E-state index in [1.54, 1.807) is 0 Å². The number of fused-ring (bicyclic) bond motifs is 5. The van der Waals surface area contributed by atoms with Crippen LogP contribution >= 0.6 is 0 Å². The fourth-order valence-electron chi connectivity index (χ4n) is 9.79. The highest BCUT2D eigenvalue weighted by Gasteiger charge is 2.76. The highest BCUT2D eigenvalue weighted by molar-refractivity contribution is 6.18. The third kappa shape index (κ3) is 2.24. The number of aliphatic hydroxyl groups excluding tert-OH is 1. The Morgan fingerprint density at radius 3 is 2.18 bits per heavy atom. The molecular weight excluding hydrogens is 408 g/mol. The minimum atomic E-state index is -0.524. The number of hydrogen-bond donors (Lipinski definition) is 1. The van der Waals surface area contributed by atoms with Gasteiger partial charge in [-0.1, -0.05) is 54.9 Å². The molecule has 33 heavy (non-hydrogen) atoms. The smallest absolute Gasteiger partial charge is 0.224 e. The number of carbonyl (C=O) groups is 2. The van der Waals surface area contributed by atoms with Gasteiger partial charge in [-0.15, -0.1) is 0 Å². The van der Waals surface area contributed by atoms with Crippen molar-refractivity contribution in [1.29, 1.82) is 0 Å². The maximum atomic E-state index is 14.6. The predicted molar refractivity (Wildman–Crippen MR) is 129 cm³/mol. The molecule has 0 aliphatic heterocycles. The van der Waals surface area contributed by atoms with E-state index in [2.05, 4.69) is 48.5 Å². The van der Waals surface area contributed by atoms with Gasteiger partial charge < -0.3 is 5.11 Å². The van der Waals surface area contributed by atoms with Crippen LogP contribution in [0.2, 0.25) is 0 Å². The molecule has 3 nitrogen and oxygen atoms in total. The lowest BCUT2D eigenvalue weighted by molar-refractivity contribution is -0.123. The lowest BCUT2D eigenvalue weighted by Gasteiger charge is -2.55. The molecule has 0 aromatic heterocycles. The van der Waals surface area contributed by atoms with E-state index in [-0.39, 0.29) is 39.6 Å². The summed E-state index contributed by atoms with van der Waals surface area (Å²) < 4.78 is 0. The van der Waals surface area contributed by atoms with Crippen molar-refractivity contribution in [3.05, 3.63) is 33.6 Å². The third-order valence-corrected chi connectivity index (χ3v) is 11.5. The Morgan fingerprint density at radius 2 is 1.61 bits per heavy atom. The van der Waals surface area contributed by atoms with E-state index < -0.39 is 5.41 Å². The van der Waals surface area contributed by atoms with Crippen molar-refractivity contribution in [2.24, 2.45) is 45.3 Å². The molecule has 5 unspecified atom stereocenters. The number of hydrogen-bond acceptors (Lipinski definition) is 3. The molecule has 6 aliphatic rings. The molecule has 0 amide bonds. The second-order valence-corrected chi connectivity index (χ2v) is 13.8. The Kier molecular flexibility index (Phi) is 4.06. The molecule has 0 aromatic rings. The molecule has 6 rings (SSSR count). The van der Waals surface area contributed by atoms with Gasteiger partial charge in [0.1, 0.15) is 0 Å². The molecule has 6 aliphatic carbocycles. The van der Waals surface area contributed by atoms with Crippen LogP contribution in [0.25, 0.3) is 0 Å². The van der Waals surface area contributed by atoms with Crippen molar-refractivity contribution in [1.82, 2.24) is 0 Å². The normalized spacial score (nSPS) is 43.2. The first-order chi connectivity index (χ1) is 15.3. The van der Waals surface area contributed by atoms with E-state index in [4.69, 9.17) is 0 Å². The van der Waals surface area contributed by atoms with Gasteiger partial charge in [0.05, 0.1) is 5.41 Å². The maximum absolute atomic E-state index is 14.6. The molecule has 0 aromatic carbocycles. The van der Waals surface area contributed by atoms with Crippen molar-refractivity contribution < 1.29 is 14.7 Å². The van der Waals surface area contributed by atoms with Crippen LogP contribution in [-0.2, 0) is 9.59 Å². The van der Waals surface area contributed by atoms with E-state index in [0.29, 0.717) is 17.6 Å². The second-order valence-electron chi connectivity index (χ2n) is 13.8. The van der Waals surface area contributed by atoms with Crippen LogP contribution in [0.5, 0.6) is 0 Å². The minimum absolute atomic E-state index is 0.00569. The van der Waals surface area contributed by atoms with Crippen LogP contribution in [0.4, 0.5) is 0 Å². The quantitative estimate of drug-likeness (QED) is 0.500. The molecule has 3 heteroatoms. The van der Waals surface area contributed by atoms with Crippen molar-refractivity contribution in [3.63, 3.8) is 0 Å².